The summed E-state index contributed by atoms with van der Waals surface area (Å²) < 4.78 is 14.2. The third kappa shape index (κ3) is 5.62. The molecule has 19 heavy (non-hydrogen) atoms. The maximum absolute atomic E-state index is 13.5. The first-order chi connectivity index (χ1) is 8.70. The second kappa shape index (κ2) is 6.85. The summed E-state index contributed by atoms with van der Waals surface area (Å²) in [6, 6.07) is 5.27. The van der Waals surface area contributed by atoms with Crippen molar-refractivity contribution in [3.8, 4) is 0 Å². The summed E-state index contributed by atoms with van der Waals surface area (Å²) >= 11 is 3.35. The molecule has 1 nitrogen and oxygen atoms in total. The van der Waals surface area contributed by atoms with Crippen LogP contribution < -0.4 is 5.32 Å². The summed E-state index contributed by atoms with van der Waals surface area (Å²) in [5.74, 6) is 0.881. The minimum absolute atomic E-state index is 0.117. The lowest BCUT2D eigenvalue weighted by atomic mass is 9.88. The van der Waals surface area contributed by atoms with Crippen molar-refractivity contribution in [3.63, 3.8) is 0 Å². The van der Waals surface area contributed by atoms with Crippen molar-refractivity contribution in [2.75, 3.05) is 6.54 Å². The first-order valence-electron chi connectivity index (χ1n) is 6.88. The molecule has 1 N–H and O–H groups in total. The average molecular weight is 330 g/mol. The third-order valence-corrected chi connectivity index (χ3v) is 4.24. The predicted molar refractivity (Wildman–Crippen MR) is 83.9 cm³/mol. The summed E-state index contributed by atoms with van der Waals surface area (Å²) in [6.45, 7) is 11.9. The predicted octanol–water partition coefficient (Wildman–Crippen LogP) is 4.79. The number of rotatable bonds is 5. The Morgan fingerprint density at radius 1 is 1.26 bits per heavy atom. The highest BCUT2D eigenvalue weighted by atomic mass is 79.9. The third-order valence-electron chi connectivity index (χ3n) is 3.35. The number of hydrogen-bond donors (Lipinski definition) is 1. The van der Waals surface area contributed by atoms with Gasteiger partial charge in [0, 0.05) is 5.54 Å². The van der Waals surface area contributed by atoms with E-state index in [1.165, 1.54) is 6.07 Å². The van der Waals surface area contributed by atoms with Crippen LogP contribution in [0.4, 0.5) is 4.39 Å². The molecule has 0 aliphatic carbocycles. The maximum Gasteiger partial charge on any atom is 0.137 e. The van der Waals surface area contributed by atoms with Gasteiger partial charge in [0.25, 0.3) is 0 Å². The van der Waals surface area contributed by atoms with Crippen molar-refractivity contribution < 1.29 is 4.39 Å². The van der Waals surface area contributed by atoms with E-state index in [0.29, 0.717) is 16.3 Å². The highest BCUT2D eigenvalue weighted by Gasteiger charge is 2.19. The Bertz CT molecular complexity index is 410. The van der Waals surface area contributed by atoms with Crippen molar-refractivity contribution >= 4 is 15.9 Å². The van der Waals surface area contributed by atoms with E-state index in [-0.39, 0.29) is 11.4 Å². The summed E-state index contributed by atoms with van der Waals surface area (Å²) in [6.07, 6.45) is 0.888. The van der Waals surface area contributed by atoms with E-state index in [4.69, 9.17) is 0 Å². The molecule has 0 amide bonds. The van der Waals surface area contributed by atoms with E-state index in [2.05, 4.69) is 55.9 Å². The number of halogens is 2. The van der Waals surface area contributed by atoms with Crippen LogP contribution in [-0.2, 0) is 6.42 Å². The van der Waals surface area contributed by atoms with Crippen LogP contribution in [0.2, 0.25) is 0 Å². The van der Waals surface area contributed by atoms with Crippen LogP contribution in [-0.4, -0.2) is 12.1 Å². The van der Waals surface area contributed by atoms with Crippen LogP contribution in [0.3, 0.4) is 0 Å². The first kappa shape index (κ1) is 16.6. The zero-order valence-corrected chi connectivity index (χ0v) is 14.1. The largest absolute Gasteiger partial charge is 0.312 e. The fourth-order valence-electron chi connectivity index (χ4n) is 1.97. The van der Waals surface area contributed by atoms with E-state index in [9.17, 15) is 4.39 Å². The molecule has 1 unspecified atom stereocenters. The van der Waals surface area contributed by atoms with Crippen LogP contribution in [0.1, 0.15) is 40.2 Å². The SMILES string of the molecule is CC(C)C(CNC(C)(C)C)Cc1cccc(F)c1Br. The van der Waals surface area contributed by atoms with Crippen LogP contribution in [0.5, 0.6) is 0 Å². The standard InChI is InChI=1S/C16H25BrFN/c1-11(2)13(10-19-16(3,4)5)9-12-7-6-8-14(18)15(12)17/h6-8,11,13,19H,9-10H2,1-5H3. The summed E-state index contributed by atoms with van der Waals surface area (Å²) in [5.41, 5.74) is 1.17. The van der Waals surface area contributed by atoms with Gasteiger partial charge in [0.15, 0.2) is 0 Å². The molecule has 1 atom stereocenters. The molecule has 0 fully saturated rings. The Balaban J connectivity index is 2.76. The molecule has 0 radical (unpaired) electrons. The van der Waals surface area contributed by atoms with E-state index in [1.807, 2.05) is 6.07 Å². The van der Waals surface area contributed by atoms with Crippen LogP contribution >= 0.6 is 15.9 Å². The van der Waals surface area contributed by atoms with Crippen LogP contribution in [0.15, 0.2) is 22.7 Å². The molecule has 0 bridgehead atoms. The lowest BCUT2D eigenvalue weighted by molar-refractivity contribution is 0.311. The molecule has 108 valence electrons. The number of nitrogens with one attached hydrogen (secondary N) is 1. The second-order valence-corrected chi connectivity index (χ2v) is 7.35. The monoisotopic (exact) mass is 329 g/mol. The normalized spacial score (nSPS) is 13.9. The van der Waals surface area contributed by atoms with Crippen molar-refractivity contribution in [2.45, 2.75) is 46.6 Å². The van der Waals surface area contributed by atoms with Gasteiger partial charge in [-0.1, -0.05) is 26.0 Å². The maximum atomic E-state index is 13.5. The minimum Gasteiger partial charge on any atom is -0.312 e. The van der Waals surface area contributed by atoms with E-state index < -0.39 is 0 Å². The van der Waals surface area contributed by atoms with Gasteiger partial charge >= 0.3 is 0 Å². The average Bonchev–Trinajstić information content (AvgIpc) is 2.28. The summed E-state index contributed by atoms with van der Waals surface area (Å²) in [4.78, 5) is 0. The fraction of sp³-hybridized carbons (Fsp3) is 0.625. The highest BCUT2D eigenvalue weighted by molar-refractivity contribution is 9.10. The molecule has 3 heteroatoms. The van der Waals surface area contributed by atoms with E-state index in [0.717, 1.165) is 18.5 Å². The van der Waals surface area contributed by atoms with Gasteiger partial charge in [-0.05, 0) is 73.1 Å². The molecule has 0 aliphatic rings. The molecule has 0 aliphatic heterocycles. The van der Waals surface area contributed by atoms with Gasteiger partial charge in [-0.15, -0.1) is 0 Å². The van der Waals surface area contributed by atoms with Crippen LogP contribution in [0, 0.1) is 17.7 Å². The Labute approximate surface area is 125 Å². The molecular weight excluding hydrogens is 305 g/mol. The summed E-state index contributed by atoms with van der Waals surface area (Å²) in [5, 5.41) is 3.55. The molecule has 1 aromatic carbocycles. The molecule has 0 saturated carbocycles. The summed E-state index contributed by atoms with van der Waals surface area (Å²) in [7, 11) is 0. The lowest BCUT2D eigenvalue weighted by Gasteiger charge is -2.28. The molecular formula is C16H25BrFN. The topological polar surface area (TPSA) is 12.0 Å². The first-order valence-corrected chi connectivity index (χ1v) is 7.68. The molecule has 0 heterocycles. The second-order valence-electron chi connectivity index (χ2n) is 6.55. The Hall–Kier alpha value is -0.410. The van der Waals surface area contributed by atoms with Crippen LogP contribution in [0.25, 0.3) is 0 Å². The smallest absolute Gasteiger partial charge is 0.137 e. The van der Waals surface area contributed by atoms with Crippen molar-refractivity contribution in [1.29, 1.82) is 0 Å². The fourth-order valence-corrected chi connectivity index (χ4v) is 2.40. The number of hydrogen-bond acceptors (Lipinski definition) is 1. The van der Waals surface area contributed by atoms with Gasteiger partial charge in [0.05, 0.1) is 4.47 Å². The van der Waals surface area contributed by atoms with Gasteiger partial charge in [0.2, 0.25) is 0 Å². The molecule has 0 aromatic heterocycles. The van der Waals surface area contributed by atoms with Gasteiger partial charge in [-0.25, -0.2) is 4.39 Å². The quantitative estimate of drug-likeness (QED) is 0.818. The Morgan fingerprint density at radius 3 is 2.42 bits per heavy atom. The molecule has 1 aromatic rings. The minimum atomic E-state index is -0.177. The van der Waals surface area contributed by atoms with Gasteiger partial charge in [-0.3, -0.25) is 0 Å². The van der Waals surface area contributed by atoms with Gasteiger partial charge < -0.3 is 5.32 Å². The van der Waals surface area contributed by atoms with Gasteiger partial charge in [0.1, 0.15) is 5.82 Å². The number of benzene rings is 1. The Kier molecular flexibility index (Phi) is 6.00. The zero-order valence-electron chi connectivity index (χ0n) is 12.6. The van der Waals surface area contributed by atoms with Gasteiger partial charge in [-0.2, -0.15) is 0 Å². The lowest BCUT2D eigenvalue weighted by Crippen LogP contribution is -2.40. The van der Waals surface area contributed by atoms with E-state index in [1.54, 1.807) is 6.07 Å². The molecule has 0 spiro atoms. The highest BCUT2D eigenvalue weighted by Crippen LogP contribution is 2.25. The van der Waals surface area contributed by atoms with Crippen molar-refractivity contribution in [1.82, 2.24) is 5.32 Å². The molecule has 1 rings (SSSR count). The Morgan fingerprint density at radius 2 is 1.89 bits per heavy atom. The zero-order chi connectivity index (χ0) is 14.6. The molecule has 0 saturated heterocycles. The van der Waals surface area contributed by atoms with Crippen molar-refractivity contribution in [3.05, 3.63) is 34.1 Å². The van der Waals surface area contributed by atoms with Crippen molar-refractivity contribution in [2.24, 2.45) is 11.8 Å². The van der Waals surface area contributed by atoms with E-state index >= 15 is 0 Å².